The SMILES string of the molecule is Cc1ccc(S(=O)(=O)n2nc(C)c(-c3ccccc3)c(S(=O)(=O)c3ccccc3)c2=O)cc1. The smallest absolute Gasteiger partial charge is 0.265 e. The zero-order valence-electron chi connectivity index (χ0n) is 17.8. The Morgan fingerprint density at radius 2 is 1.24 bits per heavy atom. The highest BCUT2D eigenvalue weighted by atomic mass is 32.2. The van der Waals surface area contributed by atoms with E-state index in [0.29, 0.717) is 5.56 Å². The molecular weight excluding hydrogens is 460 g/mol. The van der Waals surface area contributed by atoms with Gasteiger partial charge in [0.2, 0.25) is 9.84 Å². The van der Waals surface area contributed by atoms with Gasteiger partial charge < -0.3 is 0 Å². The van der Waals surface area contributed by atoms with Crippen LogP contribution in [0.3, 0.4) is 0 Å². The topological polar surface area (TPSA) is 103 Å². The van der Waals surface area contributed by atoms with Crippen LogP contribution in [0.4, 0.5) is 0 Å². The summed E-state index contributed by atoms with van der Waals surface area (Å²) >= 11 is 0. The van der Waals surface area contributed by atoms with Crippen LogP contribution in [0.15, 0.2) is 104 Å². The lowest BCUT2D eigenvalue weighted by atomic mass is 10.1. The Balaban J connectivity index is 2.10. The van der Waals surface area contributed by atoms with Crippen molar-refractivity contribution in [3.05, 3.63) is 107 Å². The Morgan fingerprint density at radius 1 is 0.697 bits per heavy atom. The summed E-state index contributed by atoms with van der Waals surface area (Å²) in [5, 5.41) is 4.04. The van der Waals surface area contributed by atoms with E-state index in [4.69, 9.17) is 0 Å². The number of rotatable bonds is 5. The molecule has 7 nitrogen and oxygen atoms in total. The average molecular weight is 481 g/mol. The number of aromatic nitrogens is 2. The van der Waals surface area contributed by atoms with Gasteiger partial charge in [-0.25, -0.2) is 8.42 Å². The first-order valence-corrected chi connectivity index (χ1v) is 12.9. The van der Waals surface area contributed by atoms with Crippen molar-refractivity contribution in [1.29, 1.82) is 0 Å². The third kappa shape index (κ3) is 4.01. The molecule has 0 atom stereocenters. The molecule has 0 aliphatic carbocycles. The van der Waals surface area contributed by atoms with Crippen LogP contribution in [0.2, 0.25) is 0 Å². The fraction of sp³-hybridized carbons (Fsp3) is 0.0833. The maximum Gasteiger partial charge on any atom is 0.301 e. The van der Waals surface area contributed by atoms with Crippen LogP contribution in [0.25, 0.3) is 11.1 Å². The van der Waals surface area contributed by atoms with Gasteiger partial charge in [0, 0.05) is 5.56 Å². The molecule has 0 bridgehead atoms. The van der Waals surface area contributed by atoms with Crippen LogP contribution in [0.5, 0.6) is 0 Å². The molecule has 3 aromatic carbocycles. The zero-order valence-corrected chi connectivity index (χ0v) is 19.5. The van der Waals surface area contributed by atoms with Crippen LogP contribution in [0, 0.1) is 13.8 Å². The van der Waals surface area contributed by atoms with Crippen molar-refractivity contribution in [2.75, 3.05) is 0 Å². The molecule has 9 heteroatoms. The number of nitrogens with zero attached hydrogens (tertiary/aromatic N) is 2. The minimum atomic E-state index is -4.44. The summed E-state index contributed by atoms with van der Waals surface area (Å²) in [4.78, 5) is 12.6. The van der Waals surface area contributed by atoms with Crippen molar-refractivity contribution >= 4 is 19.9 Å². The zero-order chi connectivity index (χ0) is 23.8. The fourth-order valence-electron chi connectivity index (χ4n) is 3.47. The minimum absolute atomic E-state index is 0.0693. The van der Waals surface area contributed by atoms with Gasteiger partial charge in [0.25, 0.3) is 10.0 Å². The van der Waals surface area contributed by atoms with Gasteiger partial charge in [-0.05, 0) is 43.7 Å². The molecule has 168 valence electrons. The van der Waals surface area contributed by atoms with Crippen molar-refractivity contribution in [2.24, 2.45) is 0 Å². The van der Waals surface area contributed by atoms with Crippen molar-refractivity contribution in [3.63, 3.8) is 0 Å². The van der Waals surface area contributed by atoms with E-state index >= 15 is 0 Å². The lowest BCUT2D eigenvalue weighted by Crippen LogP contribution is -2.35. The van der Waals surface area contributed by atoms with Crippen molar-refractivity contribution in [3.8, 4) is 11.1 Å². The molecule has 0 fully saturated rings. The van der Waals surface area contributed by atoms with Gasteiger partial charge in [0.1, 0.15) is 4.90 Å². The number of sulfone groups is 1. The predicted molar refractivity (Wildman–Crippen MR) is 124 cm³/mol. The van der Waals surface area contributed by atoms with Crippen molar-refractivity contribution in [2.45, 2.75) is 28.5 Å². The molecule has 4 rings (SSSR count). The highest BCUT2D eigenvalue weighted by Gasteiger charge is 2.32. The second-order valence-electron chi connectivity index (χ2n) is 7.44. The monoisotopic (exact) mass is 480 g/mol. The third-order valence-electron chi connectivity index (χ3n) is 5.13. The maximum absolute atomic E-state index is 13.6. The summed E-state index contributed by atoms with van der Waals surface area (Å²) in [7, 11) is -8.82. The Morgan fingerprint density at radius 3 is 1.82 bits per heavy atom. The first kappa shape index (κ1) is 22.6. The van der Waals surface area contributed by atoms with Crippen molar-refractivity contribution in [1.82, 2.24) is 9.19 Å². The van der Waals surface area contributed by atoms with E-state index in [2.05, 4.69) is 5.10 Å². The maximum atomic E-state index is 13.6. The standard InChI is InChI=1S/C24H20N2O5S2/c1-17-13-15-21(16-14-17)33(30,31)26-24(27)23(32(28,29)20-11-7-4-8-12-20)22(18(2)25-26)19-9-5-3-6-10-19/h3-16H,1-2H3. The average Bonchev–Trinajstić information content (AvgIpc) is 2.81. The Hall–Kier alpha value is -3.56. The molecule has 0 amide bonds. The van der Waals surface area contributed by atoms with Gasteiger partial charge in [-0.15, -0.1) is 4.09 Å². The van der Waals surface area contributed by atoms with Crippen LogP contribution < -0.4 is 5.56 Å². The molecule has 0 radical (unpaired) electrons. The van der Waals surface area contributed by atoms with E-state index in [-0.39, 0.29) is 25.1 Å². The largest absolute Gasteiger partial charge is 0.301 e. The molecule has 0 N–H and O–H groups in total. The van der Waals surface area contributed by atoms with E-state index in [1.807, 2.05) is 0 Å². The summed E-state index contributed by atoms with van der Waals surface area (Å²) < 4.78 is 54.1. The molecule has 0 aliphatic heterocycles. The second kappa shape index (κ2) is 8.42. The summed E-state index contributed by atoms with van der Waals surface area (Å²) in [6.07, 6.45) is 0. The molecular formula is C24H20N2O5S2. The number of hydrogen-bond donors (Lipinski definition) is 0. The molecule has 0 unspecified atom stereocenters. The third-order valence-corrected chi connectivity index (χ3v) is 8.51. The molecule has 1 heterocycles. The first-order valence-electron chi connectivity index (χ1n) is 9.96. The van der Waals surface area contributed by atoms with Crippen LogP contribution in [-0.2, 0) is 19.9 Å². The highest BCUT2D eigenvalue weighted by molar-refractivity contribution is 7.92. The Labute approximate surface area is 191 Å². The Bertz CT molecular complexity index is 1590. The molecule has 0 saturated heterocycles. The molecule has 0 saturated carbocycles. The van der Waals surface area contributed by atoms with Gasteiger partial charge in [0.15, 0.2) is 0 Å². The molecule has 0 aliphatic rings. The van der Waals surface area contributed by atoms with E-state index in [1.54, 1.807) is 55.5 Å². The normalized spacial score (nSPS) is 11.9. The molecule has 0 spiro atoms. The van der Waals surface area contributed by atoms with Crippen LogP contribution >= 0.6 is 0 Å². The van der Waals surface area contributed by atoms with Gasteiger partial charge in [-0.1, -0.05) is 66.2 Å². The summed E-state index contributed by atoms with van der Waals surface area (Å²) in [6.45, 7) is 3.27. The van der Waals surface area contributed by atoms with E-state index in [0.717, 1.165) is 5.56 Å². The van der Waals surface area contributed by atoms with E-state index in [9.17, 15) is 21.6 Å². The van der Waals surface area contributed by atoms with Gasteiger partial charge in [-0.2, -0.15) is 13.5 Å². The van der Waals surface area contributed by atoms with Crippen molar-refractivity contribution < 1.29 is 16.8 Å². The van der Waals surface area contributed by atoms with Crippen LogP contribution in [0.1, 0.15) is 11.3 Å². The molecule has 33 heavy (non-hydrogen) atoms. The quantitative estimate of drug-likeness (QED) is 0.432. The van der Waals surface area contributed by atoms with E-state index in [1.165, 1.54) is 43.3 Å². The van der Waals surface area contributed by atoms with Gasteiger partial charge >= 0.3 is 5.56 Å². The lowest BCUT2D eigenvalue weighted by Gasteiger charge is -2.16. The first-order chi connectivity index (χ1) is 15.6. The molecule has 4 aromatic rings. The summed E-state index contributed by atoms with van der Waals surface area (Å²) in [6, 6.07) is 21.7. The number of benzene rings is 3. The summed E-state index contributed by atoms with van der Waals surface area (Å²) in [5.74, 6) is 0. The number of aryl methyl sites for hydroxylation is 2. The predicted octanol–water partition coefficient (Wildman–Crippen LogP) is 3.60. The fourth-order valence-corrected chi connectivity index (χ4v) is 6.35. The number of hydrogen-bond acceptors (Lipinski definition) is 6. The Kier molecular flexibility index (Phi) is 5.77. The second-order valence-corrected chi connectivity index (χ2v) is 11.1. The van der Waals surface area contributed by atoms with Crippen LogP contribution in [-0.4, -0.2) is 26.0 Å². The van der Waals surface area contributed by atoms with Gasteiger partial charge in [0.05, 0.1) is 15.5 Å². The minimum Gasteiger partial charge on any atom is -0.265 e. The van der Waals surface area contributed by atoms with Gasteiger partial charge in [-0.3, -0.25) is 4.79 Å². The van der Waals surface area contributed by atoms with E-state index < -0.39 is 30.3 Å². The molecule has 1 aromatic heterocycles. The summed E-state index contributed by atoms with van der Waals surface area (Å²) in [5.41, 5.74) is 0.195. The lowest BCUT2D eigenvalue weighted by molar-refractivity contribution is 0.570. The highest BCUT2D eigenvalue weighted by Crippen LogP contribution is 2.31.